The largest absolute Gasteiger partial charge is 0.502 e. The van der Waals surface area contributed by atoms with E-state index in [2.05, 4.69) is 4.90 Å². The Balaban J connectivity index is 1.60. The molecule has 0 spiro atoms. The third-order valence-electron chi connectivity index (χ3n) is 5.12. The molecule has 7 nitrogen and oxygen atoms in total. The van der Waals surface area contributed by atoms with E-state index in [1.807, 2.05) is 10.6 Å². The van der Waals surface area contributed by atoms with Crippen LogP contribution < -0.4 is 11.0 Å². The number of piperidine rings is 1. The second-order valence-corrected chi connectivity index (χ2v) is 6.90. The van der Waals surface area contributed by atoms with Crippen LogP contribution in [0.3, 0.4) is 0 Å². The first-order valence-corrected chi connectivity index (χ1v) is 8.43. The average Bonchev–Trinajstić information content (AvgIpc) is 2.59. The van der Waals surface area contributed by atoms with Crippen LogP contribution in [-0.2, 0) is 19.7 Å². The fraction of sp³-hybridized carbons (Fsp3) is 0.444. The van der Waals surface area contributed by atoms with Gasteiger partial charge in [0.25, 0.3) is 5.56 Å². The van der Waals surface area contributed by atoms with E-state index in [9.17, 15) is 19.8 Å². The Hall–Kier alpha value is -2.38. The first kappa shape index (κ1) is 16.1. The Labute approximate surface area is 143 Å². The molecule has 132 valence electrons. The zero-order valence-electron chi connectivity index (χ0n) is 13.7. The molecule has 1 fully saturated rings. The predicted octanol–water partition coefficient (Wildman–Crippen LogP) is 0.619. The number of nitrogens with zero attached hydrogens (tertiary/aromatic N) is 2. The monoisotopic (exact) mass is 344 g/mol. The summed E-state index contributed by atoms with van der Waals surface area (Å²) in [4.78, 5) is 26.0. The number of aliphatic hydroxyl groups excluding tert-OH is 1. The average molecular weight is 344 g/mol. The Morgan fingerprint density at radius 3 is 2.84 bits per heavy atom. The van der Waals surface area contributed by atoms with Crippen LogP contribution in [0.5, 0.6) is 5.75 Å². The summed E-state index contributed by atoms with van der Waals surface area (Å²) in [5.74, 6) is 0.524. The maximum absolute atomic E-state index is 12.1. The molecule has 2 atom stereocenters. The molecule has 7 heteroatoms. The van der Waals surface area contributed by atoms with Crippen LogP contribution in [0.25, 0.3) is 0 Å². The van der Waals surface area contributed by atoms with Crippen LogP contribution in [0.1, 0.15) is 29.6 Å². The predicted molar refractivity (Wildman–Crippen MR) is 89.4 cm³/mol. The molecular weight excluding hydrogens is 324 g/mol. The molecule has 2 aromatic heterocycles. The summed E-state index contributed by atoms with van der Waals surface area (Å²) in [5.41, 5.74) is 0.544. The molecule has 4 heterocycles. The quantitative estimate of drug-likeness (QED) is 0.847. The van der Waals surface area contributed by atoms with Gasteiger partial charge in [-0.2, -0.15) is 0 Å². The number of pyridine rings is 1. The van der Waals surface area contributed by atoms with E-state index in [1.54, 1.807) is 12.1 Å². The molecule has 2 aliphatic heterocycles. The molecule has 2 bridgehead atoms. The maximum Gasteiger partial charge on any atom is 0.250 e. The van der Waals surface area contributed by atoms with Crippen molar-refractivity contribution in [1.82, 2.24) is 9.47 Å². The summed E-state index contributed by atoms with van der Waals surface area (Å²) in [6.07, 6.45) is 1.03. The molecule has 0 aromatic carbocycles. The van der Waals surface area contributed by atoms with Crippen LogP contribution in [0.4, 0.5) is 0 Å². The van der Waals surface area contributed by atoms with Crippen LogP contribution in [-0.4, -0.2) is 32.8 Å². The normalized spacial score (nSPS) is 22.6. The van der Waals surface area contributed by atoms with Gasteiger partial charge >= 0.3 is 0 Å². The molecule has 2 aromatic rings. The summed E-state index contributed by atoms with van der Waals surface area (Å²) in [5, 5.41) is 19.2. The smallest absolute Gasteiger partial charge is 0.250 e. The standard InChI is InChI=1S/C18H20N2O5/c21-10-13-5-15(22)18(24)16(25-13)9-19-6-11-4-12(8-19)14-2-1-3-17(23)20(14)7-11/h1-3,5,11-12,21,24H,4,6-10H2/t11-,12+/m0/s1. The Morgan fingerprint density at radius 2 is 2.04 bits per heavy atom. The minimum Gasteiger partial charge on any atom is -0.502 e. The number of hydrogen-bond donors (Lipinski definition) is 2. The van der Waals surface area contributed by atoms with Crippen LogP contribution in [0, 0.1) is 5.92 Å². The summed E-state index contributed by atoms with van der Waals surface area (Å²) >= 11 is 0. The number of aromatic hydroxyl groups is 1. The summed E-state index contributed by atoms with van der Waals surface area (Å²) < 4.78 is 7.32. The van der Waals surface area contributed by atoms with Crippen molar-refractivity contribution in [2.45, 2.75) is 32.0 Å². The summed E-state index contributed by atoms with van der Waals surface area (Å²) in [6, 6.07) is 6.49. The van der Waals surface area contributed by atoms with E-state index in [4.69, 9.17) is 4.42 Å². The molecule has 25 heavy (non-hydrogen) atoms. The van der Waals surface area contributed by atoms with Gasteiger partial charge in [-0.05, 0) is 18.4 Å². The SMILES string of the molecule is O=c1cc(CO)oc(CN2C[C@@H]3C[C@H](C2)c2cccc(=O)n2C3)c1O. The van der Waals surface area contributed by atoms with E-state index in [0.717, 1.165) is 31.3 Å². The molecule has 1 saturated heterocycles. The highest BCUT2D eigenvalue weighted by atomic mass is 16.4. The van der Waals surface area contributed by atoms with Crippen molar-refractivity contribution < 1.29 is 14.6 Å². The number of likely N-dealkylation sites (tertiary alicyclic amines) is 1. The summed E-state index contributed by atoms with van der Waals surface area (Å²) in [6.45, 7) is 2.11. The third kappa shape index (κ3) is 2.89. The van der Waals surface area contributed by atoms with Gasteiger partial charge < -0.3 is 19.2 Å². The highest BCUT2D eigenvalue weighted by Gasteiger charge is 2.35. The van der Waals surface area contributed by atoms with Gasteiger partial charge in [0.15, 0.2) is 5.76 Å². The van der Waals surface area contributed by atoms with Gasteiger partial charge in [0.1, 0.15) is 12.4 Å². The molecule has 0 radical (unpaired) electrons. The number of aliphatic hydroxyl groups is 1. The molecule has 0 saturated carbocycles. The molecule has 2 N–H and O–H groups in total. The van der Waals surface area contributed by atoms with Gasteiger partial charge in [-0.15, -0.1) is 0 Å². The van der Waals surface area contributed by atoms with Gasteiger partial charge in [0, 0.05) is 43.4 Å². The van der Waals surface area contributed by atoms with Crippen molar-refractivity contribution in [3.63, 3.8) is 0 Å². The van der Waals surface area contributed by atoms with Gasteiger partial charge in [-0.25, -0.2) is 0 Å². The van der Waals surface area contributed by atoms with E-state index in [0.29, 0.717) is 19.0 Å². The topological polar surface area (TPSA) is 95.9 Å². The second-order valence-electron chi connectivity index (χ2n) is 6.90. The van der Waals surface area contributed by atoms with Crippen molar-refractivity contribution in [1.29, 1.82) is 0 Å². The van der Waals surface area contributed by atoms with Crippen LogP contribution >= 0.6 is 0 Å². The second kappa shape index (κ2) is 6.16. The number of aromatic nitrogens is 1. The van der Waals surface area contributed by atoms with E-state index in [1.165, 1.54) is 0 Å². The zero-order chi connectivity index (χ0) is 17.6. The molecule has 0 aliphatic carbocycles. The van der Waals surface area contributed by atoms with Crippen molar-refractivity contribution in [2.24, 2.45) is 5.92 Å². The lowest BCUT2D eigenvalue weighted by molar-refractivity contribution is 0.103. The maximum atomic E-state index is 12.1. The fourth-order valence-electron chi connectivity index (χ4n) is 4.10. The number of fused-ring (bicyclic) bond motifs is 4. The van der Waals surface area contributed by atoms with Crippen molar-refractivity contribution >= 4 is 0 Å². The van der Waals surface area contributed by atoms with E-state index < -0.39 is 11.2 Å². The highest BCUT2D eigenvalue weighted by molar-refractivity contribution is 5.25. The number of hydrogen-bond acceptors (Lipinski definition) is 6. The Bertz CT molecular complexity index is 916. The van der Waals surface area contributed by atoms with Crippen molar-refractivity contribution in [3.8, 4) is 5.75 Å². The fourth-order valence-corrected chi connectivity index (χ4v) is 4.10. The third-order valence-corrected chi connectivity index (χ3v) is 5.12. The van der Waals surface area contributed by atoms with Gasteiger partial charge in [-0.3, -0.25) is 14.5 Å². The van der Waals surface area contributed by atoms with Gasteiger partial charge in [0.2, 0.25) is 11.2 Å². The Kier molecular flexibility index (Phi) is 3.97. The lowest BCUT2D eigenvalue weighted by Crippen LogP contribution is -2.46. The minimum atomic E-state index is -0.542. The molecule has 0 unspecified atom stereocenters. The number of rotatable bonds is 3. The first-order valence-electron chi connectivity index (χ1n) is 8.43. The van der Waals surface area contributed by atoms with Gasteiger partial charge in [0.05, 0.1) is 6.54 Å². The first-order chi connectivity index (χ1) is 12.0. The molecular formula is C18H20N2O5. The van der Waals surface area contributed by atoms with E-state index >= 15 is 0 Å². The van der Waals surface area contributed by atoms with Gasteiger partial charge in [-0.1, -0.05) is 6.07 Å². The molecule has 0 amide bonds. The van der Waals surface area contributed by atoms with Crippen LogP contribution in [0.2, 0.25) is 0 Å². The minimum absolute atomic E-state index is 0.0416. The molecule has 2 aliphatic rings. The molecule has 4 rings (SSSR count). The van der Waals surface area contributed by atoms with Crippen molar-refractivity contribution in [3.05, 3.63) is 62.1 Å². The zero-order valence-corrected chi connectivity index (χ0v) is 13.7. The lowest BCUT2D eigenvalue weighted by Gasteiger charge is -2.42. The van der Waals surface area contributed by atoms with Crippen LogP contribution in [0.15, 0.2) is 38.3 Å². The Morgan fingerprint density at radius 1 is 1.20 bits per heavy atom. The summed E-state index contributed by atoms with van der Waals surface area (Å²) in [7, 11) is 0. The van der Waals surface area contributed by atoms with Crippen molar-refractivity contribution in [2.75, 3.05) is 13.1 Å². The highest BCUT2D eigenvalue weighted by Crippen LogP contribution is 2.35. The van der Waals surface area contributed by atoms with E-state index in [-0.39, 0.29) is 29.6 Å². The lowest BCUT2D eigenvalue weighted by atomic mass is 9.83.